The first-order valence-electron chi connectivity index (χ1n) is 4.78. The van der Waals surface area contributed by atoms with E-state index in [0.717, 1.165) is 13.0 Å². The van der Waals surface area contributed by atoms with Gasteiger partial charge in [-0.3, -0.25) is 0 Å². The highest BCUT2D eigenvalue weighted by Crippen LogP contribution is 2.04. The van der Waals surface area contributed by atoms with Crippen LogP contribution in [0.15, 0.2) is 36.5 Å². The molecule has 0 saturated heterocycles. The summed E-state index contributed by atoms with van der Waals surface area (Å²) in [6.07, 6.45) is 10.4. The van der Waals surface area contributed by atoms with Crippen molar-refractivity contribution in [1.29, 1.82) is 0 Å². The number of allylic oxidation sites excluding steroid dienone is 5. The Morgan fingerprint density at radius 3 is 2.54 bits per heavy atom. The van der Waals surface area contributed by atoms with Gasteiger partial charge in [-0.2, -0.15) is 0 Å². The van der Waals surface area contributed by atoms with E-state index < -0.39 is 0 Å². The number of hydrogen-bond donors (Lipinski definition) is 0. The first-order valence-corrected chi connectivity index (χ1v) is 4.78. The maximum absolute atomic E-state index is 3.98. The van der Waals surface area contributed by atoms with E-state index in [4.69, 9.17) is 0 Å². The third kappa shape index (κ3) is 9.09. The highest BCUT2D eigenvalue weighted by molar-refractivity contribution is 5.18. The second-order valence-corrected chi connectivity index (χ2v) is 3.45. The van der Waals surface area contributed by atoms with Crippen LogP contribution in [-0.2, 0) is 0 Å². The van der Waals surface area contributed by atoms with E-state index in [9.17, 15) is 0 Å². The molecule has 0 saturated carbocycles. The zero-order chi connectivity index (χ0) is 10.1. The van der Waals surface area contributed by atoms with Crippen molar-refractivity contribution in [3.05, 3.63) is 36.5 Å². The molecule has 13 heavy (non-hydrogen) atoms. The fourth-order valence-electron chi connectivity index (χ4n) is 1.01. The molecular weight excluding hydrogens is 158 g/mol. The summed E-state index contributed by atoms with van der Waals surface area (Å²) in [5, 5.41) is 0. The summed E-state index contributed by atoms with van der Waals surface area (Å²) < 4.78 is 0. The first-order chi connectivity index (χ1) is 6.16. The average Bonchev–Trinajstić information content (AvgIpc) is 2.04. The molecule has 74 valence electrons. The highest BCUT2D eigenvalue weighted by Gasteiger charge is 1.91. The molecule has 0 aromatic rings. The van der Waals surface area contributed by atoms with Gasteiger partial charge in [0.1, 0.15) is 0 Å². The SMILES string of the molecule is C=C(/C=C\C=C/C)CCCN(C)C. The molecule has 1 nitrogen and oxygen atoms in total. The molecule has 0 N–H and O–H groups in total. The Hall–Kier alpha value is -0.820. The van der Waals surface area contributed by atoms with E-state index in [1.165, 1.54) is 12.0 Å². The molecule has 0 atom stereocenters. The standard InChI is InChI=1S/C12H21N/c1-5-6-7-9-12(2)10-8-11-13(3)4/h5-7,9H,2,8,10-11H2,1,3-4H3/b6-5-,9-7-. The van der Waals surface area contributed by atoms with Crippen molar-refractivity contribution in [3.8, 4) is 0 Å². The topological polar surface area (TPSA) is 3.24 Å². The van der Waals surface area contributed by atoms with Gasteiger partial charge in [-0.05, 0) is 40.4 Å². The van der Waals surface area contributed by atoms with Gasteiger partial charge in [0.05, 0.1) is 0 Å². The van der Waals surface area contributed by atoms with Crippen LogP contribution in [0.4, 0.5) is 0 Å². The van der Waals surface area contributed by atoms with Gasteiger partial charge in [0, 0.05) is 0 Å². The van der Waals surface area contributed by atoms with Crippen molar-refractivity contribution >= 4 is 0 Å². The van der Waals surface area contributed by atoms with Crippen LogP contribution in [0, 0.1) is 0 Å². The molecule has 0 rings (SSSR count). The van der Waals surface area contributed by atoms with Crippen molar-refractivity contribution in [3.63, 3.8) is 0 Å². The maximum Gasteiger partial charge on any atom is -0.00217 e. The fraction of sp³-hybridized carbons (Fsp3) is 0.500. The number of nitrogens with zero attached hydrogens (tertiary/aromatic N) is 1. The highest BCUT2D eigenvalue weighted by atomic mass is 15.0. The Balaban J connectivity index is 3.51. The predicted molar refractivity (Wildman–Crippen MR) is 60.9 cm³/mol. The molecule has 0 aliphatic carbocycles. The Morgan fingerprint density at radius 1 is 1.31 bits per heavy atom. The van der Waals surface area contributed by atoms with Gasteiger partial charge in [-0.15, -0.1) is 0 Å². The zero-order valence-electron chi connectivity index (χ0n) is 9.09. The van der Waals surface area contributed by atoms with E-state index in [0.29, 0.717) is 0 Å². The number of rotatable bonds is 6. The summed E-state index contributed by atoms with van der Waals surface area (Å²) in [5.74, 6) is 0. The summed E-state index contributed by atoms with van der Waals surface area (Å²) >= 11 is 0. The quantitative estimate of drug-likeness (QED) is 0.566. The van der Waals surface area contributed by atoms with Crippen LogP contribution in [-0.4, -0.2) is 25.5 Å². The van der Waals surface area contributed by atoms with E-state index in [-0.39, 0.29) is 0 Å². The maximum atomic E-state index is 3.98. The molecular formula is C12H21N. The van der Waals surface area contributed by atoms with Crippen LogP contribution in [0.5, 0.6) is 0 Å². The summed E-state index contributed by atoms with van der Waals surface area (Å²) in [6.45, 7) is 7.13. The molecule has 0 aromatic carbocycles. The lowest BCUT2D eigenvalue weighted by molar-refractivity contribution is 0.401. The monoisotopic (exact) mass is 179 g/mol. The largest absolute Gasteiger partial charge is 0.309 e. The van der Waals surface area contributed by atoms with Crippen molar-refractivity contribution in [2.45, 2.75) is 19.8 Å². The van der Waals surface area contributed by atoms with Gasteiger partial charge in [0.25, 0.3) is 0 Å². The minimum atomic E-state index is 1.09. The molecule has 0 amide bonds. The molecule has 0 radical (unpaired) electrons. The summed E-state index contributed by atoms with van der Waals surface area (Å²) in [5.41, 5.74) is 1.21. The average molecular weight is 179 g/mol. The van der Waals surface area contributed by atoms with E-state index in [1.54, 1.807) is 0 Å². The summed E-state index contributed by atoms with van der Waals surface area (Å²) in [6, 6.07) is 0. The fourth-order valence-corrected chi connectivity index (χ4v) is 1.01. The van der Waals surface area contributed by atoms with Crippen molar-refractivity contribution in [2.75, 3.05) is 20.6 Å². The summed E-state index contributed by atoms with van der Waals surface area (Å²) in [7, 11) is 4.19. The second kappa shape index (κ2) is 7.81. The van der Waals surface area contributed by atoms with Gasteiger partial charge < -0.3 is 4.90 Å². The molecule has 0 aliphatic rings. The van der Waals surface area contributed by atoms with Gasteiger partial charge in [-0.25, -0.2) is 0 Å². The lowest BCUT2D eigenvalue weighted by Crippen LogP contribution is -2.12. The second-order valence-electron chi connectivity index (χ2n) is 3.45. The van der Waals surface area contributed by atoms with Crippen LogP contribution in [0.3, 0.4) is 0 Å². The molecule has 0 spiro atoms. The van der Waals surface area contributed by atoms with Crippen LogP contribution < -0.4 is 0 Å². The van der Waals surface area contributed by atoms with Crippen LogP contribution in [0.2, 0.25) is 0 Å². The first kappa shape index (κ1) is 12.2. The van der Waals surface area contributed by atoms with E-state index in [1.807, 2.05) is 25.2 Å². The lowest BCUT2D eigenvalue weighted by atomic mass is 10.1. The Labute approximate surface area is 82.4 Å². The van der Waals surface area contributed by atoms with Crippen LogP contribution >= 0.6 is 0 Å². The summed E-state index contributed by atoms with van der Waals surface area (Å²) in [4.78, 5) is 2.20. The van der Waals surface area contributed by atoms with Gasteiger partial charge in [-0.1, -0.05) is 36.5 Å². The Morgan fingerprint density at radius 2 is 2.00 bits per heavy atom. The molecule has 0 aromatic heterocycles. The van der Waals surface area contributed by atoms with Gasteiger partial charge >= 0.3 is 0 Å². The zero-order valence-corrected chi connectivity index (χ0v) is 9.09. The molecule has 0 fully saturated rings. The van der Waals surface area contributed by atoms with Crippen molar-refractivity contribution < 1.29 is 0 Å². The molecule has 0 heterocycles. The minimum absolute atomic E-state index is 1.09. The van der Waals surface area contributed by atoms with Crippen LogP contribution in [0.25, 0.3) is 0 Å². The van der Waals surface area contributed by atoms with E-state index in [2.05, 4.69) is 31.7 Å². The van der Waals surface area contributed by atoms with E-state index >= 15 is 0 Å². The molecule has 0 unspecified atom stereocenters. The normalized spacial score (nSPS) is 12.0. The molecule has 0 aliphatic heterocycles. The smallest absolute Gasteiger partial charge is 0.00217 e. The Kier molecular flexibility index (Phi) is 7.32. The molecule has 0 bridgehead atoms. The Bertz CT molecular complexity index is 187. The van der Waals surface area contributed by atoms with Gasteiger partial charge in [0.15, 0.2) is 0 Å². The predicted octanol–water partition coefficient (Wildman–Crippen LogP) is 3.02. The molecule has 1 heteroatoms. The third-order valence-corrected chi connectivity index (χ3v) is 1.74. The lowest BCUT2D eigenvalue weighted by Gasteiger charge is -2.08. The van der Waals surface area contributed by atoms with Crippen LogP contribution in [0.1, 0.15) is 19.8 Å². The van der Waals surface area contributed by atoms with Gasteiger partial charge in [0.2, 0.25) is 0 Å². The third-order valence-electron chi connectivity index (χ3n) is 1.74. The minimum Gasteiger partial charge on any atom is -0.309 e. The van der Waals surface area contributed by atoms with Crippen molar-refractivity contribution in [2.24, 2.45) is 0 Å². The number of hydrogen-bond acceptors (Lipinski definition) is 1. The van der Waals surface area contributed by atoms with Crippen molar-refractivity contribution in [1.82, 2.24) is 4.90 Å².